The molecule has 1 saturated carbocycles. The summed E-state index contributed by atoms with van der Waals surface area (Å²) in [5.41, 5.74) is 3.63. The largest absolute Gasteiger partial charge is 0.375 e. The molecule has 2 unspecified atom stereocenters. The van der Waals surface area contributed by atoms with Crippen LogP contribution in [-0.4, -0.2) is 64.2 Å². The van der Waals surface area contributed by atoms with Crippen LogP contribution >= 0.6 is 0 Å². The van der Waals surface area contributed by atoms with Gasteiger partial charge in [0.05, 0.1) is 23.5 Å². The molecular weight excluding hydrogens is 368 g/mol. The zero-order chi connectivity index (χ0) is 20.1. The zero-order valence-electron chi connectivity index (χ0n) is 16.9. The highest BCUT2D eigenvalue weighted by Crippen LogP contribution is 2.52. The Balaban J connectivity index is 1.50. The zero-order valence-corrected chi connectivity index (χ0v) is 16.9. The number of amides is 2. The summed E-state index contributed by atoms with van der Waals surface area (Å²) in [5.74, 6) is 0.539. The maximum absolute atomic E-state index is 13.7. The lowest BCUT2D eigenvalue weighted by Gasteiger charge is -2.31. The normalized spacial score (nSPS) is 23.7. The Hall–Kier alpha value is -2.67. The van der Waals surface area contributed by atoms with E-state index in [4.69, 9.17) is 9.84 Å². The molecule has 2 aromatic rings. The van der Waals surface area contributed by atoms with Crippen molar-refractivity contribution in [1.29, 1.82) is 0 Å². The molecule has 5 rings (SSSR count). The average Bonchev–Trinajstić information content (AvgIpc) is 3.22. The summed E-state index contributed by atoms with van der Waals surface area (Å²) in [7, 11) is 1.54. The Morgan fingerprint density at radius 1 is 1.21 bits per heavy atom. The molecule has 1 aromatic carbocycles. The second-order valence-corrected chi connectivity index (χ2v) is 8.31. The van der Waals surface area contributed by atoms with Gasteiger partial charge in [0.2, 0.25) is 5.91 Å². The molecule has 0 bridgehead atoms. The molecule has 3 aliphatic rings. The van der Waals surface area contributed by atoms with Gasteiger partial charge in [0.15, 0.2) is 0 Å². The van der Waals surface area contributed by atoms with Crippen LogP contribution in [0.4, 0.5) is 0 Å². The second kappa shape index (κ2) is 6.99. The molecule has 1 saturated heterocycles. The van der Waals surface area contributed by atoms with Crippen LogP contribution in [0.1, 0.15) is 47.1 Å². The number of carbonyl (C=O) groups excluding carboxylic acids is 2. The van der Waals surface area contributed by atoms with Crippen molar-refractivity contribution in [2.75, 3.05) is 26.8 Å². The summed E-state index contributed by atoms with van der Waals surface area (Å²) in [6.45, 7) is 3.36. The van der Waals surface area contributed by atoms with Gasteiger partial charge in [-0.3, -0.25) is 9.59 Å². The van der Waals surface area contributed by atoms with E-state index in [1.807, 2.05) is 46.8 Å². The van der Waals surface area contributed by atoms with Crippen molar-refractivity contribution in [3.8, 4) is 5.69 Å². The maximum Gasteiger partial charge on any atom is 0.273 e. The molecular formula is C22H26N4O3. The molecule has 0 radical (unpaired) electrons. The third-order valence-electron chi connectivity index (χ3n) is 6.39. The first kappa shape index (κ1) is 18.4. The van der Waals surface area contributed by atoms with Gasteiger partial charge < -0.3 is 14.5 Å². The number of ether oxygens (including phenoxy) is 1. The van der Waals surface area contributed by atoms with Gasteiger partial charge >= 0.3 is 0 Å². The fourth-order valence-electron chi connectivity index (χ4n) is 4.92. The molecule has 152 valence electrons. The molecule has 2 amide bonds. The van der Waals surface area contributed by atoms with Crippen molar-refractivity contribution >= 4 is 11.8 Å². The first-order valence-corrected chi connectivity index (χ1v) is 10.3. The lowest BCUT2D eigenvalue weighted by molar-refractivity contribution is -0.134. The topological polar surface area (TPSA) is 67.7 Å². The molecule has 7 heteroatoms. The van der Waals surface area contributed by atoms with Crippen LogP contribution in [0.15, 0.2) is 30.3 Å². The van der Waals surface area contributed by atoms with Gasteiger partial charge in [0.25, 0.3) is 5.91 Å². The minimum atomic E-state index is -0.00577. The Morgan fingerprint density at radius 2 is 1.97 bits per heavy atom. The molecule has 2 atom stereocenters. The van der Waals surface area contributed by atoms with E-state index in [1.54, 1.807) is 0 Å². The van der Waals surface area contributed by atoms with Crippen LogP contribution < -0.4 is 0 Å². The third-order valence-corrected chi connectivity index (χ3v) is 6.39. The Kier molecular flexibility index (Phi) is 4.42. The quantitative estimate of drug-likeness (QED) is 0.781. The van der Waals surface area contributed by atoms with Crippen LogP contribution in [0.25, 0.3) is 5.69 Å². The standard InChI is InChI=1S/C22H26N4O3/c1-14-19-20(15-8-9-15)25(17-10-11-24(12-17)18(27)13-29-2)22(28)21(19)26(23-14)16-6-4-3-5-7-16/h3-7,15,17,20H,8-13H2,1-2H3. The molecule has 7 nitrogen and oxygen atoms in total. The second-order valence-electron chi connectivity index (χ2n) is 8.31. The molecule has 29 heavy (non-hydrogen) atoms. The van der Waals surface area contributed by atoms with E-state index in [1.165, 1.54) is 7.11 Å². The summed E-state index contributed by atoms with van der Waals surface area (Å²) < 4.78 is 6.81. The Morgan fingerprint density at radius 3 is 2.66 bits per heavy atom. The fraction of sp³-hybridized carbons (Fsp3) is 0.500. The average molecular weight is 394 g/mol. The monoisotopic (exact) mass is 394 g/mol. The van der Waals surface area contributed by atoms with Crippen LogP contribution in [-0.2, 0) is 9.53 Å². The molecule has 1 aromatic heterocycles. The Bertz CT molecular complexity index is 950. The van der Waals surface area contributed by atoms with E-state index >= 15 is 0 Å². The summed E-state index contributed by atoms with van der Waals surface area (Å²) >= 11 is 0. The lowest BCUT2D eigenvalue weighted by atomic mass is 10.0. The van der Waals surface area contributed by atoms with E-state index in [0.29, 0.717) is 24.7 Å². The first-order chi connectivity index (χ1) is 14.1. The number of rotatable bonds is 5. The highest BCUT2D eigenvalue weighted by Gasteiger charge is 2.52. The van der Waals surface area contributed by atoms with Crippen LogP contribution in [0.5, 0.6) is 0 Å². The van der Waals surface area contributed by atoms with Crippen molar-refractivity contribution in [2.45, 2.75) is 38.3 Å². The van der Waals surface area contributed by atoms with E-state index in [-0.39, 0.29) is 30.5 Å². The SMILES string of the molecule is COCC(=O)N1CCC(N2C(=O)c3c(c(C)nn3-c3ccccc3)C2C2CC2)C1. The summed E-state index contributed by atoms with van der Waals surface area (Å²) in [4.78, 5) is 29.8. The number of para-hydroxylation sites is 1. The predicted molar refractivity (Wildman–Crippen MR) is 107 cm³/mol. The van der Waals surface area contributed by atoms with Gasteiger partial charge in [0.1, 0.15) is 12.3 Å². The lowest BCUT2D eigenvalue weighted by Crippen LogP contribution is -2.42. The van der Waals surface area contributed by atoms with Crippen molar-refractivity contribution in [3.63, 3.8) is 0 Å². The van der Waals surface area contributed by atoms with Gasteiger partial charge in [-0.25, -0.2) is 4.68 Å². The number of hydrogen-bond acceptors (Lipinski definition) is 4. The highest BCUT2D eigenvalue weighted by atomic mass is 16.5. The van der Waals surface area contributed by atoms with Crippen molar-refractivity contribution in [2.24, 2.45) is 5.92 Å². The summed E-state index contributed by atoms with van der Waals surface area (Å²) in [6, 6.07) is 9.98. The van der Waals surface area contributed by atoms with Crippen LogP contribution in [0.3, 0.4) is 0 Å². The molecule has 2 fully saturated rings. The number of fused-ring (bicyclic) bond motifs is 1. The Labute approximate surface area is 170 Å². The third kappa shape index (κ3) is 2.95. The first-order valence-electron chi connectivity index (χ1n) is 10.3. The fourth-order valence-corrected chi connectivity index (χ4v) is 4.92. The number of likely N-dealkylation sites (tertiary alicyclic amines) is 1. The minimum absolute atomic E-state index is 0.00577. The molecule has 0 N–H and O–H groups in total. The number of methoxy groups -OCH3 is 1. The number of nitrogens with zero attached hydrogens (tertiary/aromatic N) is 4. The van der Waals surface area contributed by atoms with Crippen LogP contribution in [0, 0.1) is 12.8 Å². The number of carbonyl (C=O) groups is 2. The van der Waals surface area contributed by atoms with Gasteiger partial charge in [-0.2, -0.15) is 5.10 Å². The van der Waals surface area contributed by atoms with E-state index in [0.717, 1.165) is 36.2 Å². The minimum Gasteiger partial charge on any atom is -0.375 e. The smallest absolute Gasteiger partial charge is 0.273 e. The molecule has 0 spiro atoms. The maximum atomic E-state index is 13.7. The van der Waals surface area contributed by atoms with Gasteiger partial charge in [-0.15, -0.1) is 0 Å². The van der Waals surface area contributed by atoms with E-state index < -0.39 is 0 Å². The van der Waals surface area contributed by atoms with E-state index in [9.17, 15) is 9.59 Å². The molecule has 2 aliphatic heterocycles. The van der Waals surface area contributed by atoms with E-state index in [2.05, 4.69) is 4.90 Å². The summed E-state index contributed by atoms with van der Waals surface area (Å²) in [6.07, 6.45) is 3.10. The number of aryl methyl sites for hydroxylation is 1. The van der Waals surface area contributed by atoms with Crippen molar-refractivity contribution in [1.82, 2.24) is 19.6 Å². The van der Waals surface area contributed by atoms with Crippen molar-refractivity contribution < 1.29 is 14.3 Å². The molecule has 1 aliphatic carbocycles. The van der Waals surface area contributed by atoms with Gasteiger partial charge in [-0.1, -0.05) is 18.2 Å². The molecule has 3 heterocycles. The number of hydrogen-bond donors (Lipinski definition) is 0. The van der Waals surface area contributed by atoms with Crippen LogP contribution in [0.2, 0.25) is 0 Å². The predicted octanol–water partition coefficient (Wildman–Crippen LogP) is 2.33. The van der Waals surface area contributed by atoms with Gasteiger partial charge in [0, 0.05) is 25.8 Å². The number of aromatic nitrogens is 2. The van der Waals surface area contributed by atoms with Gasteiger partial charge in [-0.05, 0) is 44.2 Å². The van der Waals surface area contributed by atoms with Crippen molar-refractivity contribution in [3.05, 3.63) is 47.3 Å². The summed E-state index contributed by atoms with van der Waals surface area (Å²) in [5, 5.41) is 4.73. The number of benzene rings is 1. The highest BCUT2D eigenvalue weighted by molar-refractivity contribution is 5.99.